The van der Waals surface area contributed by atoms with Gasteiger partial charge in [-0.25, -0.2) is 0 Å². The van der Waals surface area contributed by atoms with Crippen LogP contribution in [-0.2, 0) is 24.3 Å². The Morgan fingerprint density at radius 1 is 1.19 bits per heavy atom. The first-order chi connectivity index (χ1) is 15.0. The summed E-state index contributed by atoms with van der Waals surface area (Å²) in [6, 6.07) is 11.8. The molecule has 162 valence electrons. The normalized spacial score (nSPS) is 27.4. The second kappa shape index (κ2) is 7.77. The van der Waals surface area contributed by atoms with Gasteiger partial charge in [-0.1, -0.05) is 36.4 Å². The van der Waals surface area contributed by atoms with E-state index >= 15 is 0 Å². The molecule has 6 nitrogen and oxygen atoms in total. The number of aliphatic hydroxyl groups is 1. The van der Waals surface area contributed by atoms with Gasteiger partial charge in [-0.3, -0.25) is 14.5 Å². The maximum atomic E-state index is 13.6. The molecule has 0 aliphatic carbocycles. The van der Waals surface area contributed by atoms with E-state index in [1.807, 2.05) is 59.9 Å². The number of benzene rings is 1. The molecular weight excluding hydrogens is 390 g/mol. The number of carbonyl (C=O) groups excluding carboxylic acids is 1. The summed E-state index contributed by atoms with van der Waals surface area (Å²) >= 11 is 0. The van der Waals surface area contributed by atoms with Crippen molar-refractivity contribution in [3.05, 3.63) is 75.2 Å². The van der Waals surface area contributed by atoms with Gasteiger partial charge >= 0.3 is 0 Å². The third-order valence-corrected chi connectivity index (χ3v) is 7.42. The largest absolute Gasteiger partial charge is 0.396 e. The molecule has 31 heavy (non-hydrogen) atoms. The summed E-state index contributed by atoms with van der Waals surface area (Å²) in [6.45, 7) is 3.71. The van der Waals surface area contributed by atoms with Crippen LogP contribution in [0, 0.1) is 11.8 Å². The Labute approximate surface area is 182 Å². The standard InChI is InChI=1S/C25H29N3O3/c1-3-6-17-9-10-21-22-19(14-28(21)24(17)30)20(15-29)23(26(22)2)25(31)27-12-11-16-7-4-5-8-18(16)13-27/h3-10,19-20,22-23,29H,11-15H2,1-2H3/b6-3+/t19-,20-,22+,23-/m0/s1. The number of pyridine rings is 1. The van der Waals surface area contributed by atoms with Crippen molar-refractivity contribution in [2.24, 2.45) is 11.8 Å². The molecule has 1 fully saturated rings. The number of nitrogens with zero attached hydrogens (tertiary/aromatic N) is 3. The van der Waals surface area contributed by atoms with Crippen LogP contribution >= 0.6 is 0 Å². The van der Waals surface area contributed by atoms with Crippen LogP contribution in [0.2, 0.25) is 0 Å². The third kappa shape index (κ3) is 3.08. The molecule has 4 heterocycles. The first kappa shape index (κ1) is 20.2. The van der Waals surface area contributed by atoms with E-state index in [2.05, 4.69) is 17.0 Å². The number of allylic oxidation sites excluding steroid dienone is 1. The van der Waals surface area contributed by atoms with Gasteiger partial charge in [-0.05, 0) is 43.7 Å². The zero-order valence-corrected chi connectivity index (χ0v) is 18.1. The third-order valence-electron chi connectivity index (χ3n) is 7.42. The van der Waals surface area contributed by atoms with Crippen LogP contribution in [0.1, 0.15) is 35.3 Å². The summed E-state index contributed by atoms with van der Waals surface area (Å²) < 4.78 is 1.83. The minimum Gasteiger partial charge on any atom is -0.396 e. The van der Waals surface area contributed by atoms with E-state index in [0.717, 1.165) is 12.1 Å². The molecule has 0 radical (unpaired) electrons. The number of hydrogen-bond acceptors (Lipinski definition) is 4. The summed E-state index contributed by atoms with van der Waals surface area (Å²) in [4.78, 5) is 30.6. The molecule has 1 amide bonds. The summed E-state index contributed by atoms with van der Waals surface area (Å²) in [5, 5.41) is 10.3. The van der Waals surface area contributed by atoms with E-state index in [1.165, 1.54) is 11.1 Å². The molecule has 3 aliphatic rings. The molecule has 0 bridgehead atoms. The first-order valence-corrected chi connectivity index (χ1v) is 11.1. The molecule has 1 aromatic carbocycles. The highest BCUT2D eigenvalue weighted by Crippen LogP contribution is 2.48. The maximum Gasteiger partial charge on any atom is 0.258 e. The lowest BCUT2D eigenvalue weighted by molar-refractivity contribution is -0.138. The number of rotatable bonds is 3. The Morgan fingerprint density at radius 2 is 1.97 bits per heavy atom. The lowest BCUT2D eigenvalue weighted by atomic mass is 9.87. The van der Waals surface area contributed by atoms with Crippen LogP contribution in [0.4, 0.5) is 0 Å². The fourth-order valence-corrected chi connectivity index (χ4v) is 5.95. The molecule has 0 unspecified atom stereocenters. The van der Waals surface area contributed by atoms with Crippen molar-refractivity contribution in [1.29, 1.82) is 0 Å². The molecular formula is C25H29N3O3. The SMILES string of the molecule is C/C=C/c1ccc2n(c1=O)C[C@H]1[C@H](CO)[C@@H](C(=O)N3CCc4ccccc4C3)N(C)[C@@H]21. The van der Waals surface area contributed by atoms with Gasteiger partial charge in [0.2, 0.25) is 5.91 Å². The van der Waals surface area contributed by atoms with Crippen molar-refractivity contribution in [2.75, 3.05) is 20.2 Å². The van der Waals surface area contributed by atoms with Crippen molar-refractivity contribution in [3.63, 3.8) is 0 Å². The molecule has 2 aromatic rings. The summed E-state index contributed by atoms with van der Waals surface area (Å²) in [6.07, 6.45) is 4.56. The topological polar surface area (TPSA) is 65.8 Å². The van der Waals surface area contributed by atoms with E-state index in [4.69, 9.17) is 0 Å². The molecule has 1 N–H and O–H groups in total. The molecule has 3 aliphatic heterocycles. The molecule has 1 saturated heterocycles. The van der Waals surface area contributed by atoms with Crippen molar-refractivity contribution in [2.45, 2.75) is 38.5 Å². The molecule has 1 aromatic heterocycles. The minimum atomic E-state index is -0.371. The lowest BCUT2D eigenvalue weighted by Crippen LogP contribution is -2.50. The van der Waals surface area contributed by atoms with E-state index in [9.17, 15) is 14.7 Å². The lowest BCUT2D eigenvalue weighted by Gasteiger charge is -2.35. The monoisotopic (exact) mass is 419 g/mol. The van der Waals surface area contributed by atoms with Gasteiger partial charge in [0.05, 0.1) is 12.1 Å². The van der Waals surface area contributed by atoms with Gasteiger partial charge in [0.1, 0.15) is 0 Å². The van der Waals surface area contributed by atoms with E-state index < -0.39 is 0 Å². The second-order valence-corrected chi connectivity index (χ2v) is 8.97. The highest BCUT2D eigenvalue weighted by atomic mass is 16.3. The van der Waals surface area contributed by atoms with E-state index in [-0.39, 0.29) is 42.0 Å². The van der Waals surface area contributed by atoms with Gasteiger partial charge in [0.15, 0.2) is 0 Å². The fraction of sp³-hybridized carbons (Fsp3) is 0.440. The van der Waals surface area contributed by atoms with Crippen LogP contribution < -0.4 is 5.56 Å². The Bertz CT molecular complexity index is 1110. The number of hydrogen-bond donors (Lipinski definition) is 1. The Hall–Kier alpha value is -2.70. The number of aromatic nitrogens is 1. The van der Waals surface area contributed by atoms with Crippen molar-refractivity contribution in [3.8, 4) is 0 Å². The predicted octanol–water partition coefficient (Wildman–Crippen LogP) is 2.06. The Kier molecular flexibility index (Phi) is 5.07. The molecule has 5 rings (SSSR count). The van der Waals surface area contributed by atoms with Crippen molar-refractivity contribution in [1.82, 2.24) is 14.4 Å². The summed E-state index contributed by atoms with van der Waals surface area (Å²) in [5.74, 6) is -0.0522. The van der Waals surface area contributed by atoms with Crippen LogP contribution in [0.3, 0.4) is 0 Å². The molecule has 6 heteroatoms. The first-order valence-electron chi connectivity index (χ1n) is 11.1. The zero-order valence-electron chi connectivity index (χ0n) is 18.1. The average Bonchev–Trinajstić information content (AvgIpc) is 3.30. The number of aliphatic hydroxyl groups excluding tert-OH is 1. The van der Waals surface area contributed by atoms with E-state index in [1.54, 1.807) is 0 Å². The molecule has 4 atom stereocenters. The zero-order chi connectivity index (χ0) is 21.7. The molecule has 0 spiro atoms. The number of likely N-dealkylation sites (N-methyl/N-ethyl adjacent to an activating group) is 1. The quantitative estimate of drug-likeness (QED) is 0.827. The number of fused-ring (bicyclic) bond motifs is 4. The van der Waals surface area contributed by atoms with Crippen molar-refractivity contribution >= 4 is 12.0 Å². The minimum absolute atomic E-state index is 0.00519. The van der Waals surface area contributed by atoms with Crippen LogP contribution in [-0.4, -0.2) is 51.6 Å². The maximum absolute atomic E-state index is 13.6. The van der Waals surface area contributed by atoms with Gasteiger partial charge < -0.3 is 14.6 Å². The Morgan fingerprint density at radius 3 is 2.71 bits per heavy atom. The number of amides is 1. The van der Waals surface area contributed by atoms with Crippen LogP contribution in [0.25, 0.3) is 6.08 Å². The van der Waals surface area contributed by atoms with Gasteiger partial charge in [0, 0.05) is 49.3 Å². The predicted molar refractivity (Wildman–Crippen MR) is 119 cm³/mol. The van der Waals surface area contributed by atoms with Gasteiger partial charge in [0.25, 0.3) is 5.56 Å². The second-order valence-electron chi connectivity index (χ2n) is 8.97. The summed E-state index contributed by atoms with van der Waals surface area (Å²) in [7, 11) is 1.97. The van der Waals surface area contributed by atoms with Gasteiger partial charge in [-0.2, -0.15) is 0 Å². The Balaban J connectivity index is 1.45. The highest BCUT2D eigenvalue weighted by Gasteiger charge is 2.54. The number of likely N-dealkylation sites (tertiary alicyclic amines) is 1. The van der Waals surface area contributed by atoms with Crippen molar-refractivity contribution < 1.29 is 9.90 Å². The van der Waals surface area contributed by atoms with Crippen LogP contribution in [0.15, 0.2) is 47.3 Å². The van der Waals surface area contributed by atoms with Gasteiger partial charge in [-0.15, -0.1) is 0 Å². The molecule has 0 saturated carbocycles. The average molecular weight is 420 g/mol. The fourth-order valence-electron chi connectivity index (χ4n) is 5.95. The number of carbonyl (C=O) groups is 1. The van der Waals surface area contributed by atoms with Crippen LogP contribution in [0.5, 0.6) is 0 Å². The summed E-state index contributed by atoms with van der Waals surface area (Å²) in [5.41, 5.74) is 4.15. The highest BCUT2D eigenvalue weighted by molar-refractivity contribution is 5.83. The smallest absolute Gasteiger partial charge is 0.258 e. The van der Waals surface area contributed by atoms with E-state index in [0.29, 0.717) is 25.2 Å².